The van der Waals surface area contributed by atoms with Crippen molar-refractivity contribution in [1.29, 1.82) is 0 Å². The van der Waals surface area contributed by atoms with Crippen molar-refractivity contribution in [2.45, 2.75) is 46.5 Å². The van der Waals surface area contributed by atoms with Gasteiger partial charge in [0, 0.05) is 13.2 Å². The molecule has 0 N–H and O–H groups in total. The van der Waals surface area contributed by atoms with Gasteiger partial charge in [0.05, 0.1) is 0 Å². The van der Waals surface area contributed by atoms with Gasteiger partial charge in [-0.15, -0.1) is 0 Å². The summed E-state index contributed by atoms with van der Waals surface area (Å²) < 4.78 is 5.74. The van der Waals surface area contributed by atoms with E-state index in [-0.39, 0.29) is 0 Å². The van der Waals surface area contributed by atoms with Crippen molar-refractivity contribution in [2.24, 2.45) is 23.2 Å². The van der Waals surface area contributed by atoms with E-state index >= 15 is 0 Å². The zero-order chi connectivity index (χ0) is 10.2. The molecule has 14 heavy (non-hydrogen) atoms. The summed E-state index contributed by atoms with van der Waals surface area (Å²) in [6, 6.07) is 0. The second-order valence-corrected chi connectivity index (χ2v) is 5.46. The van der Waals surface area contributed by atoms with Gasteiger partial charge in [-0.05, 0) is 48.9 Å². The average Bonchev–Trinajstić information content (AvgIpc) is 2.36. The molecular weight excluding hydrogens is 172 g/mol. The quantitative estimate of drug-likeness (QED) is 0.657. The SMILES string of the molecule is CCC1(C(C)C)C2CCOCC1CC2. The number of hydrogen-bond donors (Lipinski definition) is 0. The zero-order valence-corrected chi connectivity index (χ0v) is 9.88. The molecule has 2 bridgehead atoms. The molecule has 0 spiro atoms. The number of rotatable bonds is 2. The van der Waals surface area contributed by atoms with Crippen LogP contribution in [0.15, 0.2) is 0 Å². The van der Waals surface area contributed by atoms with Crippen LogP contribution in [0.25, 0.3) is 0 Å². The van der Waals surface area contributed by atoms with Crippen molar-refractivity contribution in [2.75, 3.05) is 13.2 Å². The summed E-state index contributed by atoms with van der Waals surface area (Å²) in [5.41, 5.74) is 0.608. The molecule has 0 radical (unpaired) electrons. The molecule has 0 amide bonds. The molecule has 3 unspecified atom stereocenters. The predicted molar refractivity (Wildman–Crippen MR) is 59.2 cm³/mol. The Morgan fingerprint density at radius 2 is 1.93 bits per heavy atom. The largest absolute Gasteiger partial charge is 0.381 e. The summed E-state index contributed by atoms with van der Waals surface area (Å²) in [5, 5.41) is 0. The molecule has 3 atom stereocenters. The van der Waals surface area contributed by atoms with Gasteiger partial charge in [0.15, 0.2) is 0 Å². The van der Waals surface area contributed by atoms with Gasteiger partial charge in [0.2, 0.25) is 0 Å². The summed E-state index contributed by atoms with van der Waals surface area (Å²) in [4.78, 5) is 0. The number of hydrogen-bond acceptors (Lipinski definition) is 1. The highest BCUT2D eigenvalue weighted by atomic mass is 16.5. The fourth-order valence-electron chi connectivity index (χ4n) is 4.30. The fraction of sp³-hybridized carbons (Fsp3) is 1.00. The molecule has 2 rings (SSSR count). The maximum atomic E-state index is 5.74. The molecule has 2 fully saturated rings. The first-order valence-corrected chi connectivity index (χ1v) is 6.29. The van der Waals surface area contributed by atoms with Crippen molar-refractivity contribution in [3.63, 3.8) is 0 Å². The molecule has 82 valence electrons. The first-order chi connectivity index (χ1) is 6.71. The molecule has 1 heteroatoms. The smallest absolute Gasteiger partial charge is 0.0499 e. The second-order valence-electron chi connectivity index (χ2n) is 5.46. The van der Waals surface area contributed by atoms with Crippen LogP contribution in [-0.2, 0) is 4.74 Å². The Labute approximate surface area is 88.2 Å². The Morgan fingerprint density at radius 1 is 1.21 bits per heavy atom. The highest BCUT2D eigenvalue weighted by molar-refractivity contribution is 4.99. The highest BCUT2D eigenvalue weighted by Crippen LogP contribution is 2.57. The Balaban J connectivity index is 2.29. The lowest BCUT2D eigenvalue weighted by Gasteiger charge is -2.42. The van der Waals surface area contributed by atoms with Crippen LogP contribution < -0.4 is 0 Å². The van der Waals surface area contributed by atoms with Gasteiger partial charge in [0.1, 0.15) is 0 Å². The summed E-state index contributed by atoms with van der Waals surface area (Å²) in [6.45, 7) is 9.26. The van der Waals surface area contributed by atoms with Gasteiger partial charge < -0.3 is 4.74 Å². The number of fused-ring (bicyclic) bond motifs is 2. The van der Waals surface area contributed by atoms with E-state index in [1.54, 1.807) is 0 Å². The zero-order valence-electron chi connectivity index (χ0n) is 9.88. The lowest BCUT2D eigenvalue weighted by Crippen LogP contribution is -2.37. The van der Waals surface area contributed by atoms with E-state index in [1.165, 1.54) is 25.7 Å². The van der Waals surface area contributed by atoms with Crippen LogP contribution in [0.1, 0.15) is 46.5 Å². The van der Waals surface area contributed by atoms with Crippen LogP contribution >= 0.6 is 0 Å². The third-order valence-electron chi connectivity index (χ3n) is 5.00. The van der Waals surface area contributed by atoms with Crippen LogP contribution in [0.2, 0.25) is 0 Å². The summed E-state index contributed by atoms with van der Waals surface area (Å²) in [6.07, 6.45) is 5.53. The van der Waals surface area contributed by atoms with Gasteiger partial charge in [-0.25, -0.2) is 0 Å². The lowest BCUT2D eigenvalue weighted by molar-refractivity contribution is 0.0406. The van der Waals surface area contributed by atoms with Gasteiger partial charge >= 0.3 is 0 Å². The molecule has 1 saturated heterocycles. The standard InChI is InChI=1S/C13H24O/c1-4-13(10(2)3)11-5-6-12(13)9-14-8-7-11/h10-12H,4-9H2,1-3H3. The maximum Gasteiger partial charge on any atom is 0.0499 e. The molecule has 2 aliphatic rings. The third kappa shape index (κ3) is 1.32. The maximum absolute atomic E-state index is 5.74. The van der Waals surface area contributed by atoms with Crippen molar-refractivity contribution >= 4 is 0 Å². The van der Waals surface area contributed by atoms with Gasteiger partial charge in [-0.3, -0.25) is 0 Å². The van der Waals surface area contributed by atoms with Crippen LogP contribution in [-0.4, -0.2) is 13.2 Å². The van der Waals surface area contributed by atoms with Crippen LogP contribution in [0.3, 0.4) is 0 Å². The van der Waals surface area contributed by atoms with Gasteiger partial charge in [-0.1, -0.05) is 20.8 Å². The van der Waals surface area contributed by atoms with E-state index in [9.17, 15) is 0 Å². The van der Waals surface area contributed by atoms with Crippen molar-refractivity contribution in [3.05, 3.63) is 0 Å². The van der Waals surface area contributed by atoms with Crippen LogP contribution in [0.4, 0.5) is 0 Å². The van der Waals surface area contributed by atoms with Crippen LogP contribution in [0.5, 0.6) is 0 Å². The Bertz CT molecular complexity index is 183. The molecular formula is C13H24O. The van der Waals surface area contributed by atoms with Crippen molar-refractivity contribution in [3.8, 4) is 0 Å². The molecule has 1 aliphatic heterocycles. The lowest BCUT2D eigenvalue weighted by atomic mass is 9.63. The van der Waals surface area contributed by atoms with Crippen LogP contribution in [0, 0.1) is 23.2 Å². The highest BCUT2D eigenvalue weighted by Gasteiger charge is 2.51. The molecule has 0 aromatic heterocycles. The van der Waals surface area contributed by atoms with Gasteiger partial charge in [-0.2, -0.15) is 0 Å². The number of ether oxygens (including phenoxy) is 1. The minimum absolute atomic E-state index is 0.608. The molecule has 0 aromatic carbocycles. The third-order valence-corrected chi connectivity index (χ3v) is 5.00. The monoisotopic (exact) mass is 196 g/mol. The topological polar surface area (TPSA) is 9.23 Å². The Hall–Kier alpha value is -0.0400. The van der Waals surface area contributed by atoms with E-state index in [4.69, 9.17) is 4.74 Å². The van der Waals surface area contributed by atoms with E-state index in [0.29, 0.717) is 5.41 Å². The van der Waals surface area contributed by atoms with Crippen molar-refractivity contribution in [1.82, 2.24) is 0 Å². The minimum Gasteiger partial charge on any atom is -0.381 e. The first kappa shape index (κ1) is 10.5. The predicted octanol–water partition coefficient (Wildman–Crippen LogP) is 3.49. The summed E-state index contributed by atoms with van der Waals surface area (Å²) >= 11 is 0. The van der Waals surface area contributed by atoms with E-state index in [1.807, 2.05) is 0 Å². The van der Waals surface area contributed by atoms with E-state index < -0.39 is 0 Å². The van der Waals surface area contributed by atoms with Crippen molar-refractivity contribution < 1.29 is 4.74 Å². The Morgan fingerprint density at radius 3 is 2.57 bits per heavy atom. The molecule has 0 aromatic rings. The molecule has 1 saturated carbocycles. The second kappa shape index (κ2) is 3.84. The normalized spacial score (nSPS) is 42.9. The van der Waals surface area contributed by atoms with E-state index in [0.717, 1.165) is 31.0 Å². The summed E-state index contributed by atoms with van der Waals surface area (Å²) in [5.74, 6) is 2.62. The van der Waals surface area contributed by atoms with Gasteiger partial charge in [0.25, 0.3) is 0 Å². The van der Waals surface area contributed by atoms with E-state index in [2.05, 4.69) is 20.8 Å². The first-order valence-electron chi connectivity index (χ1n) is 6.29. The molecule has 1 nitrogen and oxygen atoms in total. The fourth-order valence-corrected chi connectivity index (χ4v) is 4.30. The summed E-state index contributed by atoms with van der Waals surface area (Å²) in [7, 11) is 0. The average molecular weight is 196 g/mol. The molecule has 1 aliphatic carbocycles. The minimum atomic E-state index is 0.608. The molecule has 1 heterocycles. The Kier molecular flexibility index (Phi) is 2.88.